The zero-order valence-corrected chi connectivity index (χ0v) is 47.6. The summed E-state index contributed by atoms with van der Waals surface area (Å²) in [5.74, 6) is 2.11. The average molecular weight is 1050 g/mol. The fourth-order valence-electron chi connectivity index (χ4n) is 9.68. The number of carbonyl (C=O) groups is 5. The number of likely N-dealkylation sites (tertiary alicyclic amines) is 1. The third-order valence-corrected chi connectivity index (χ3v) is 14.0. The Kier molecular flexibility index (Phi) is 25.2. The number of amides is 1. The maximum absolute atomic E-state index is 15.6. The molecule has 2 N–H and O–H groups in total. The van der Waals surface area contributed by atoms with Gasteiger partial charge in [0.15, 0.2) is 17.3 Å². The number of aromatic nitrogens is 2. The minimum Gasteiger partial charge on any atom is -0.491 e. The SMILES string of the molecule is C=C(/C=C(\C)CCN(C(=O)CC)C1CCN(CC2CCN(c3ccc(C(C)=O)c(C(C)=O)c3)CC2)CC1)Nc1cc2cc(-c3cnc4c(c3OCC)NCCO4)c(F)cc2cn1.CC.CC.CC(=O)CCC(C)C(C)=O. The maximum Gasteiger partial charge on any atom is 0.241 e. The molecule has 3 aliphatic heterocycles. The van der Waals surface area contributed by atoms with E-state index in [9.17, 15) is 24.0 Å². The first-order valence-corrected chi connectivity index (χ1v) is 27.6. The van der Waals surface area contributed by atoms with Gasteiger partial charge >= 0.3 is 0 Å². The van der Waals surface area contributed by atoms with Crippen molar-refractivity contribution in [2.24, 2.45) is 11.8 Å². The summed E-state index contributed by atoms with van der Waals surface area (Å²) in [7, 11) is 0. The molecule has 2 aromatic carbocycles. The molecular weight excluding hydrogens is 962 g/mol. The van der Waals surface area contributed by atoms with Gasteiger partial charge in [-0.25, -0.2) is 14.4 Å². The average Bonchev–Trinajstić information content (AvgIpc) is 3.42. The first-order chi connectivity index (χ1) is 36.5. The lowest BCUT2D eigenvalue weighted by Crippen LogP contribution is -2.49. The molecule has 14 nitrogen and oxygen atoms in total. The highest BCUT2D eigenvalue weighted by atomic mass is 19.1. The topological polar surface area (TPSA) is 163 Å². The van der Waals surface area contributed by atoms with E-state index in [2.05, 4.69) is 48.8 Å². The van der Waals surface area contributed by atoms with Crippen LogP contribution in [-0.2, 0) is 14.4 Å². The molecule has 0 saturated carbocycles. The van der Waals surface area contributed by atoms with Crippen molar-refractivity contribution in [2.75, 3.05) is 74.6 Å². The molecule has 1 atom stereocenters. The second kappa shape index (κ2) is 30.9. The summed E-state index contributed by atoms with van der Waals surface area (Å²) in [5, 5.41) is 8.05. The summed E-state index contributed by atoms with van der Waals surface area (Å²) in [4.78, 5) is 74.6. The summed E-state index contributed by atoms with van der Waals surface area (Å²) in [5.41, 5.74) is 5.29. The number of pyridine rings is 2. The number of halogens is 1. The van der Waals surface area contributed by atoms with E-state index in [0.29, 0.717) is 108 Å². The number of piperidine rings is 2. The van der Waals surface area contributed by atoms with Crippen LogP contribution in [0.2, 0.25) is 0 Å². The van der Waals surface area contributed by atoms with Gasteiger partial charge in [-0.15, -0.1) is 0 Å². The highest BCUT2D eigenvalue weighted by Crippen LogP contribution is 2.44. The summed E-state index contributed by atoms with van der Waals surface area (Å²) < 4.78 is 27.3. The smallest absolute Gasteiger partial charge is 0.241 e. The van der Waals surface area contributed by atoms with Crippen LogP contribution >= 0.6 is 0 Å². The van der Waals surface area contributed by atoms with Crippen molar-refractivity contribution in [3.8, 4) is 22.8 Å². The number of hydrogen-bond acceptors (Lipinski definition) is 13. The molecule has 2 fully saturated rings. The van der Waals surface area contributed by atoms with Crippen LogP contribution in [0.5, 0.6) is 11.6 Å². The lowest BCUT2D eigenvalue weighted by atomic mass is 9.93. The molecule has 1 amide bonds. The number of nitrogens with one attached hydrogen (secondary N) is 2. The Bertz CT molecular complexity index is 2650. The molecular formula is C61H86FN7O7. The van der Waals surface area contributed by atoms with E-state index in [0.717, 1.165) is 81.5 Å². The van der Waals surface area contributed by atoms with Crippen molar-refractivity contribution in [1.82, 2.24) is 19.8 Å². The van der Waals surface area contributed by atoms with Crippen LogP contribution in [0.1, 0.15) is 155 Å². The molecule has 5 heterocycles. The number of carbonyl (C=O) groups excluding carboxylic acids is 5. The number of benzene rings is 2. The largest absolute Gasteiger partial charge is 0.491 e. The zero-order chi connectivity index (χ0) is 56.1. The van der Waals surface area contributed by atoms with Crippen molar-refractivity contribution in [3.63, 3.8) is 0 Å². The standard InChI is InChI=1S/C49H60FN7O5.C8H14O2.2C2H6/c1-7-46(60)57(38-14-17-55(18-15-38)30-35-12-19-56(20-13-35)39-9-10-40(33(5)58)41(27-39)34(6)59)21-11-31(3)23-32(4)54-45-26-36-24-42(44(50)25-37(36)28-52-45)43-29-53-49-47(48(43)61-8-2)51-16-22-62-49;1-6(8(3)10)4-5-7(2)9;2*1-2/h9-10,23-29,35,38,51H,4,7-8,11-22,30H2,1-3,5-6H3,(H,52,54);6H,4-5H2,1-3H3;2*1-2H3/b31-23+;;;. The molecule has 2 aromatic heterocycles. The van der Waals surface area contributed by atoms with E-state index in [1.54, 1.807) is 38.4 Å². The van der Waals surface area contributed by atoms with Gasteiger partial charge in [-0.05, 0) is 134 Å². The van der Waals surface area contributed by atoms with Gasteiger partial charge in [0.1, 0.15) is 35.5 Å². The molecule has 0 radical (unpaired) electrons. The van der Waals surface area contributed by atoms with E-state index >= 15 is 4.39 Å². The predicted octanol–water partition coefficient (Wildman–Crippen LogP) is 12.6. The minimum absolute atomic E-state index is 0.0453. The van der Waals surface area contributed by atoms with Crippen LogP contribution in [0.15, 0.2) is 72.7 Å². The number of nitrogens with zero attached hydrogens (tertiary/aromatic N) is 5. The van der Waals surface area contributed by atoms with Gasteiger partial charge in [0, 0.05) is 122 Å². The Morgan fingerprint density at radius 1 is 0.868 bits per heavy atom. The Morgan fingerprint density at radius 3 is 2.17 bits per heavy atom. The molecule has 0 bridgehead atoms. The first kappa shape index (κ1) is 62.1. The highest BCUT2D eigenvalue weighted by Gasteiger charge is 2.30. The van der Waals surface area contributed by atoms with Crippen LogP contribution < -0.4 is 25.0 Å². The Hall–Kier alpha value is -6.48. The van der Waals surface area contributed by atoms with Crippen LogP contribution in [-0.4, -0.2) is 114 Å². The van der Waals surface area contributed by atoms with Gasteiger partial charge in [-0.2, -0.15) is 0 Å². The van der Waals surface area contributed by atoms with Crippen LogP contribution in [0.4, 0.5) is 21.6 Å². The van der Waals surface area contributed by atoms with Gasteiger partial charge in [-0.1, -0.05) is 53.7 Å². The molecule has 7 rings (SSSR count). The highest BCUT2D eigenvalue weighted by molar-refractivity contribution is 6.08. The third-order valence-electron chi connectivity index (χ3n) is 14.0. The zero-order valence-electron chi connectivity index (χ0n) is 47.6. The van der Waals surface area contributed by atoms with E-state index < -0.39 is 5.82 Å². The fraction of sp³-hybridized carbons (Fsp3) is 0.525. The monoisotopic (exact) mass is 1050 g/mol. The fourth-order valence-corrected chi connectivity index (χ4v) is 9.68. The van der Waals surface area contributed by atoms with E-state index in [-0.39, 0.29) is 41.0 Å². The van der Waals surface area contributed by atoms with Gasteiger partial charge in [0.05, 0.1) is 6.61 Å². The van der Waals surface area contributed by atoms with Crippen molar-refractivity contribution in [2.45, 2.75) is 140 Å². The number of anilines is 3. The number of ketones is 4. The summed E-state index contributed by atoms with van der Waals surface area (Å²) in [6, 6.07) is 11.0. The molecule has 0 spiro atoms. The summed E-state index contributed by atoms with van der Waals surface area (Å²) in [6.07, 6.45) is 11.7. The van der Waals surface area contributed by atoms with Crippen molar-refractivity contribution < 1.29 is 37.8 Å². The number of rotatable bonds is 20. The van der Waals surface area contributed by atoms with Crippen molar-refractivity contribution >= 4 is 57.0 Å². The van der Waals surface area contributed by atoms with Gasteiger partial charge in [0.25, 0.3) is 0 Å². The lowest BCUT2D eigenvalue weighted by molar-refractivity contribution is -0.134. The minimum atomic E-state index is -0.404. The van der Waals surface area contributed by atoms with Gasteiger partial charge < -0.3 is 39.6 Å². The molecule has 1 unspecified atom stereocenters. The molecule has 4 aromatic rings. The molecule has 15 heteroatoms. The number of Topliss-reactive ketones (excluding diaryl/α,β-unsaturated/α-hetero) is 4. The van der Waals surface area contributed by atoms with Crippen LogP contribution in [0.25, 0.3) is 21.9 Å². The predicted molar refractivity (Wildman–Crippen MR) is 307 cm³/mol. The Labute approximate surface area is 452 Å². The number of allylic oxidation sites excluding steroid dienone is 1. The second-order valence-electron chi connectivity index (χ2n) is 19.5. The number of fused-ring (bicyclic) bond motifs is 2. The van der Waals surface area contributed by atoms with Crippen LogP contribution in [0.3, 0.4) is 0 Å². The quantitative estimate of drug-likeness (QED) is 0.0635. The molecule has 76 heavy (non-hydrogen) atoms. The van der Waals surface area contributed by atoms with Gasteiger partial charge in [-0.3, -0.25) is 19.2 Å². The maximum atomic E-state index is 15.6. The van der Waals surface area contributed by atoms with Crippen molar-refractivity contribution in [3.05, 3.63) is 89.7 Å². The first-order valence-electron chi connectivity index (χ1n) is 27.6. The third kappa shape index (κ3) is 17.5. The van der Waals surface area contributed by atoms with E-state index in [1.807, 2.05) is 72.7 Å². The van der Waals surface area contributed by atoms with E-state index in [1.165, 1.54) is 19.9 Å². The Morgan fingerprint density at radius 2 is 1.55 bits per heavy atom. The lowest BCUT2D eigenvalue weighted by Gasteiger charge is -2.41. The summed E-state index contributed by atoms with van der Waals surface area (Å²) in [6.45, 7) is 33.1. The number of ether oxygens (including phenoxy) is 2. The summed E-state index contributed by atoms with van der Waals surface area (Å²) >= 11 is 0. The van der Waals surface area contributed by atoms with Crippen molar-refractivity contribution in [1.29, 1.82) is 0 Å². The Balaban J connectivity index is 0.000000793. The number of hydrogen-bond donors (Lipinski definition) is 2. The normalized spacial score (nSPS) is 15.1. The van der Waals surface area contributed by atoms with E-state index in [4.69, 9.17) is 9.47 Å². The molecule has 414 valence electrons. The second-order valence-corrected chi connectivity index (χ2v) is 19.5. The molecule has 0 aliphatic carbocycles. The van der Waals surface area contributed by atoms with Crippen LogP contribution in [0, 0.1) is 17.7 Å². The van der Waals surface area contributed by atoms with Gasteiger partial charge in [0.2, 0.25) is 11.8 Å². The molecule has 3 aliphatic rings. The molecule has 2 saturated heterocycles.